The van der Waals surface area contributed by atoms with Gasteiger partial charge in [-0.05, 0) is 12.1 Å². The molecular formula is C21H20O8. The van der Waals surface area contributed by atoms with Gasteiger partial charge in [0, 0.05) is 5.56 Å². The van der Waals surface area contributed by atoms with Crippen LogP contribution in [0.1, 0.15) is 0 Å². The van der Waals surface area contributed by atoms with Crippen molar-refractivity contribution in [1.82, 2.24) is 0 Å². The molecule has 0 spiro atoms. The van der Waals surface area contributed by atoms with Gasteiger partial charge in [0.2, 0.25) is 17.5 Å². The zero-order valence-electron chi connectivity index (χ0n) is 15.2. The highest BCUT2D eigenvalue weighted by Gasteiger charge is 2.45. The van der Waals surface area contributed by atoms with Gasteiger partial charge in [0.1, 0.15) is 30.0 Å². The van der Waals surface area contributed by atoms with E-state index in [0.717, 1.165) is 0 Å². The van der Waals surface area contributed by atoms with Crippen LogP contribution in [0.5, 0.6) is 5.75 Å². The Labute approximate surface area is 165 Å². The van der Waals surface area contributed by atoms with Crippen molar-refractivity contribution in [2.24, 2.45) is 0 Å². The second-order valence-corrected chi connectivity index (χ2v) is 6.77. The van der Waals surface area contributed by atoms with Crippen LogP contribution in [0, 0.1) is 0 Å². The first-order chi connectivity index (χ1) is 14.0. The van der Waals surface area contributed by atoms with Crippen LogP contribution < -0.4 is 10.2 Å². The summed E-state index contributed by atoms with van der Waals surface area (Å²) < 4.78 is 17.0. The Morgan fingerprint density at radius 2 is 1.59 bits per heavy atom. The highest BCUT2D eigenvalue weighted by Crippen LogP contribution is 2.33. The smallest absolute Gasteiger partial charge is 0.235 e. The molecule has 4 rings (SSSR count). The Kier molecular flexibility index (Phi) is 5.35. The molecule has 2 aromatic carbocycles. The summed E-state index contributed by atoms with van der Waals surface area (Å²) in [7, 11) is 0. The molecule has 0 amide bonds. The van der Waals surface area contributed by atoms with Gasteiger partial charge in [-0.15, -0.1) is 0 Å². The van der Waals surface area contributed by atoms with Crippen molar-refractivity contribution in [3.63, 3.8) is 0 Å². The van der Waals surface area contributed by atoms with E-state index >= 15 is 0 Å². The summed E-state index contributed by atoms with van der Waals surface area (Å²) in [4.78, 5) is 13.1. The minimum Gasteiger partial charge on any atom is -0.454 e. The Balaban J connectivity index is 1.82. The molecule has 0 bridgehead atoms. The Morgan fingerprint density at radius 3 is 2.31 bits per heavy atom. The van der Waals surface area contributed by atoms with Crippen molar-refractivity contribution in [2.45, 2.75) is 30.7 Å². The first-order valence-electron chi connectivity index (χ1n) is 9.09. The van der Waals surface area contributed by atoms with E-state index in [1.807, 2.05) is 0 Å². The maximum atomic E-state index is 13.1. The van der Waals surface area contributed by atoms with Crippen LogP contribution in [-0.4, -0.2) is 57.7 Å². The molecule has 0 unspecified atom stereocenters. The fraction of sp³-hybridized carbons (Fsp3) is 0.286. The Morgan fingerprint density at radius 1 is 0.897 bits per heavy atom. The van der Waals surface area contributed by atoms with E-state index in [2.05, 4.69) is 0 Å². The van der Waals surface area contributed by atoms with Crippen molar-refractivity contribution in [3.05, 3.63) is 64.8 Å². The maximum Gasteiger partial charge on any atom is 0.235 e. The monoisotopic (exact) mass is 400 g/mol. The summed E-state index contributed by atoms with van der Waals surface area (Å²) >= 11 is 0. The molecule has 2 heterocycles. The first kappa shape index (κ1) is 19.6. The molecule has 1 fully saturated rings. The minimum absolute atomic E-state index is 0.131. The fourth-order valence-electron chi connectivity index (χ4n) is 3.29. The van der Waals surface area contributed by atoms with Crippen molar-refractivity contribution in [3.8, 4) is 17.1 Å². The van der Waals surface area contributed by atoms with Gasteiger partial charge < -0.3 is 34.3 Å². The number of aliphatic hydroxyl groups excluding tert-OH is 4. The van der Waals surface area contributed by atoms with Gasteiger partial charge in [0.05, 0.1) is 12.0 Å². The Hall–Kier alpha value is -2.75. The molecule has 0 saturated carbocycles. The molecule has 5 atom stereocenters. The van der Waals surface area contributed by atoms with Gasteiger partial charge in [0.15, 0.2) is 5.76 Å². The van der Waals surface area contributed by atoms with Gasteiger partial charge >= 0.3 is 0 Å². The molecule has 1 aliphatic rings. The quantitative estimate of drug-likeness (QED) is 0.502. The lowest BCUT2D eigenvalue weighted by atomic mass is 9.99. The van der Waals surface area contributed by atoms with Crippen LogP contribution in [0.2, 0.25) is 0 Å². The highest BCUT2D eigenvalue weighted by molar-refractivity contribution is 5.81. The number of hydrogen-bond acceptors (Lipinski definition) is 8. The molecular weight excluding hydrogens is 380 g/mol. The predicted octanol–water partition coefficient (Wildman–Crippen LogP) is 0.639. The van der Waals surface area contributed by atoms with E-state index in [1.165, 1.54) is 0 Å². The van der Waals surface area contributed by atoms with Crippen molar-refractivity contribution in [2.75, 3.05) is 6.61 Å². The highest BCUT2D eigenvalue weighted by atomic mass is 16.7. The van der Waals surface area contributed by atoms with E-state index in [-0.39, 0.29) is 16.9 Å². The largest absolute Gasteiger partial charge is 0.454 e. The zero-order valence-corrected chi connectivity index (χ0v) is 15.2. The summed E-state index contributed by atoms with van der Waals surface area (Å²) in [5, 5.41) is 39.8. The van der Waals surface area contributed by atoms with Crippen LogP contribution in [0.4, 0.5) is 0 Å². The van der Waals surface area contributed by atoms with Crippen LogP contribution >= 0.6 is 0 Å². The predicted molar refractivity (Wildman–Crippen MR) is 102 cm³/mol. The van der Waals surface area contributed by atoms with Crippen LogP contribution in [0.3, 0.4) is 0 Å². The third-order valence-electron chi connectivity index (χ3n) is 4.87. The van der Waals surface area contributed by atoms with E-state index in [4.69, 9.17) is 13.9 Å². The van der Waals surface area contributed by atoms with E-state index in [0.29, 0.717) is 11.1 Å². The number of para-hydroxylation sites is 1. The summed E-state index contributed by atoms with van der Waals surface area (Å²) in [6.45, 7) is -0.608. The standard InChI is InChI=1S/C21H20O8/c22-10-14-16(24)17(25)18(26)21(28-14)29-20-15(23)12-8-4-5-9-13(12)27-19(20)11-6-2-1-3-7-11/h1-9,14,16-18,21-22,24-26H,10H2/t14-,16-,17+,18-,21+/m1/s1. The lowest BCUT2D eigenvalue weighted by Gasteiger charge is -2.39. The van der Waals surface area contributed by atoms with E-state index in [1.54, 1.807) is 54.6 Å². The number of rotatable bonds is 4. The van der Waals surface area contributed by atoms with E-state index < -0.39 is 42.7 Å². The molecule has 152 valence electrons. The number of hydrogen-bond donors (Lipinski definition) is 4. The van der Waals surface area contributed by atoms with E-state index in [9.17, 15) is 25.2 Å². The third kappa shape index (κ3) is 3.52. The Bertz CT molecular complexity index is 1050. The molecule has 0 radical (unpaired) electrons. The average molecular weight is 400 g/mol. The lowest BCUT2D eigenvalue weighted by molar-refractivity contribution is -0.277. The molecule has 29 heavy (non-hydrogen) atoms. The van der Waals surface area contributed by atoms with Gasteiger partial charge in [0.25, 0.3) is 0 Å². The fourth-order valence-corrected chi connectivity index (χ4v) is 3.29. The average Bonchev–Trinajstić information content (AvgIpc) is 2.76. The summed E-state index contributed by atoms with van der Waals surface area (Å²) in [6, 6.07) is 15.4. The van der Waals surface area contributed by atoms with Gasteiger partial charge in [-0.3, -0.25) is 4.79 Å². The molecule has 4 N–H and O–H groups in total. The number of ether oxygens (including phenoxy) is 2. The second kappa shape index (κ2) is 7.94. The SMILES string of the molecule is O=c1c(O[C@@H]2O[C@H](CO)[C@@H](O)[C@H](O)[C@H]2O)c(-c2ccccc2)oc2ccccc12. The maximum absolute atomic E-state index is 13.1. The topological polar surface area (TPSA) is 130 Å². The van der Waals surface area contributed by atoms with Crippen LogP contribution in [0.15, 0.2) is 63.8 Å². The summed E-state index contributed by atoms with van der Waals surface area (Å²) in [5.41, 5.74) is 0.440. The van der Waals surface area contributed by atoms with Crippen molar-refractivity contribution in [1.29, 1.82) is 0 Å². The first-order valence-corrected chi connectivity index (χ1v) is 9.09. The van der Waals surface area contributed by atoms with Gasteiger partial charge in [-0.25, -0.2) is 0 Å². The lowest BCUT2D eigenvalue weighted by Crippen LogP contribution is -2.60. The number of fused-ring (bicyclic) bond motifs is 1. The molecule has 1 saturated heterocycles. The second-order valence-electron chi connectivity index (χ2n) is 6.77. The van der Waals surface area contributed by atoms with Crippen LogP contribution in [0.25, 0.3) is 22.3 Å². The zero-order chi connectivity index (χ0) is 20.5. The molecule has 8 nitrogen and oxygen atoms in total. The van der Waals surface area contributed by atoms with Crippen molar-refractivity contribution >= 4 is 11.0 Å². The van der Waals surface area contributed by atoms with Crippen LogP contribution in [-0.2, 0) is 4.74 Å². The van der Waals surface area contributed by atoms with Crippen molar-refractivity contribution < 1.29 is 34.3 Å². The molecule has 0 aliphatic carbocycles. The molecule has 8 heteroatoms. The van der Waals surface area contributed by atoms with Gasteiger partial charge in [-0.2, -0.15) is 0 Å². The molecule has 1 aliphatic heterocycles. The third-order valence-corrected chi connectivity index (χ3v) is 4.87. The van der Waals surface area contributed by atoms with Gasteiger partial charge in [-0.1, -0.05) is 42.5 Å². The summed E-state index contributed by atoms with van der Waals surface area (Å²) in [6.07, 6.45) is -7.47. The normalized spacial score (nSPS) is 27.1. The minimum atomic E-state index is -1.65. The molecule has 3 aromatic rings. The summed E-state index contributed by atoms with van der Waals surface area (Å²) in [5.74, 6) is -0.0783. The number of aliphatic hydroxyl groups is 4. The molecule has 1 aromatic heterocycles. The number of benzene rings is 2.